The van der Waals surface area contributed by atoms with Crippen molar-refractivity contribution < 1.29 is 22.7 Å². The molecule has 0 saturated carbocycles. The van der Waals surface area contributed by atoms with Gasteiger partial charge in [0.05, 0.1) is 16.6 Å². The first-order valence-corrected chi connectivity index (χ1v) is 9.98. The van der Waals surface area contributed by atoms with Gasteiger partial charge in [-0.1, -0.05) is 36.4 Å². The zero-order chi connectivity index (χ0) is 20.3. The molecule has 0 spiro atoms. The fourth-order valence-electron chi connectivity index (χ4n) is 2.59. The molecule has 2 aromatic carbocycles. The van der Waals surface area contributed by atoms with E-state index >= 15 is 0 Å². The van der Waals surface area contributed by atoms with E-state index in [0.29, 0.717) is 5.39 Å². The van der Waals surface area contributed by atoms with Crippen molar-refractivity contribution in [1.82, 2.24) is 9.71 Å². The number of carbonyl (C=O) groups is 2. The highest BCUT2D eigenvalue weighted by atomic mass is 32.2. The minimum absolute atomic E-state index is 0.00374. The molecule has 0 saturated heterocycles. The number of ether oxygens (including phenoxy) is 1. The van der Waals surface area contributed by atoms with Crippen molar-refractivity contribution in [3.63, 3.8) is 0 Å². The Morgan fingerprint density at radius 3 is 2.39 bits per heavy atom. The van der Waals surface area contributed by atoms with Gasteiger partial charge in [-0.05, 0) is 37.4 Å². The van der Waals surface area contributed by atoms with E-state index in [1.54, 1.807) is 50.2 Å². The quantitative estimate of drug-likeness (QED) is 0.663. The maximum Gasteiger partial charge on any atom is 0.357 e. The van der Waals surface area contributed by atoms with Crippen LogP contribution in [-0.2, 0) is 14.8 Å². The lowest BCUT2D eigenvalue weighted by molar-refractivity contribution is 0.0370. The predicted molar refractivity (Wildman–Crippen MR) is 103 cm³/mol. The molecule has 28 heavy (non-hydrogen) atoms. The molecule has 0 atom stereocenters. The summed E-state index contributed by atoms with van der Waals surface area (Å²) in [6.45, 7) is 3.41. The van der Waals surface area contributed by atoms with E-state index in [-0.39, 0.29) is 22.3 Å². The van der Waals surface area contributed by atoms with Crippen LogP contribution in [0.25, 0.3) is 10.8 Å². The van der Waals surface area contributed by atoms with E-state index in [2.05, 4.69) is 4.98 Å². The zero-order valence-corrected chi connectivity index (χ0v) is 16.1. The molecule has 0 aliphatic rings. The Morgan fingerprint density at radius 1 is 1.00 bits per heavy atom. The van der Waals surface area contributed by atoms with Crippen molar-refractivity contribution in [2.24, 2.45) is 0 Å². The number of amides is 1. The van der Waals surface area contributed by atoms with E-state index in [0.717, 1.165) is 11.6 Å². The molecule has 1 amide bonds. The van der Waals surface area contributed by atoms with Crippen LogP contribution in [0.5, 0.6) is 0 Å². The molecular weight excluding hydrogens is 380 g/mol. The topological polar surface area (TPSA) is 102 Å². The first kappa shape index (κ1) is 19.5. The van der Waals surface area contributed by atoms with Gasteiger partial charge in [0.2, 0.25) is 0 Å². The molecule has 8 heteroatoms. The summed E-state index contributed by atoms with van der Waals surface area (Å²) in [6.07, 6.45) is 0.827. The Bertz CT molecular complexity index is 1130. The summed E-state index contributed by atoms with van der Waals surface area (Å²) in [6, 6.07) is 14.4. The minimum atomic E-state index is -4.10. The summed E-state index contributed by atoms with van der Waals surface area (Å²) in [4.78, 5) is 28.1. The smallest absolute Gasteiger partial charge is 0.357 e. The second-order valence-corrected chi connectivity index (χ2v) is 7.95. The van der Waals surface area contributed by atoms with Crippen LogP contribution >= 0.6 is 0 Å². The fourth-order valence-corrected chi connectivity index (χ4v) is 3.79. The average Bonchev–Trinajstić information content (AvgIpc) is 2.66. The Hall–Kier alpha value is -3.26. The standard InChI is InChI=1S/C20H18N2O5S/c1-13(2)27-20(24)17-11-10-15(12-21-17)19(23)22-28(25,26)18-9-5-7-14-6-3-4-8-16(14)18/h3-13H,1-2H3,(H,22,23). The van der Waals surface area contributed by atoms with Gasteiger partial charge in [0.15, 0.2) is 0 Å². The van der Waals surface area contributed by atoms with Gasteiger partial charge in [0.1, 0.15) is 5.69 Å². The van der Waals surface area contributed by atoms with Crippen LogP contribution in [-0.4, -0.2) is 31.4 Å². The highest BCUT2D eigenvalue weighted by Gasteiger charge is 2.21. The number of carbonyl (C=O) groups excluding carboxylic acids is 2. The molecular formula is C20H18N2O5S. The van der Waals surface area contributed by atoms with Crippen LogP contribution in [0, 0.1) is 0 Å². The second kappa shape index (κ2) is 7.77. The molecule has 0 radical (unpaired) electrons. The first-order valence-electron chi connectivity index (χ1n) is 8.50. The number of fused-ring (bicyclic) bond motifs is 1. The summed E-state index contributed by atoms with van der Waals surface area (Å²) < 4.78 is 32.5. The summed E-state index contributed by atoms with van der Waals surface area (Å²) in [5, 5.41) is 1.25. The molecule has 0 aliphatic heterocycles. The van der Waals surface area contributed by atoms with Crippen LogP contribution < -0.4 is 4.72 Å². The lowest BCUT2D eigenvalue weighted by Gasteiger charge is -2.10. The molecule has 0 bridgehead atoms. The Kier molecular flexibility index (Phi) is 5.41. The molecule has 3 aromatic rings. The van der Waals surface area contributed by atoms with E-state index in [1.807, 2.05) is 4.72 Å². The Labute approximate surface area is 162 Å². The number of rotatable bonds is 5. The van der Waals surface area contributed by atoms with Crippen molar-refractivity contribution in [3.8, 4) is 0 Å². The Balaban J connectivity index is 1.83. The normalized spacial score (nSPS) is 11.4. The van der Waals surface area contributed by atoms with Gasteiger partial charge in [0.25, 0.3) is 15.9 Å². The van der Waals surface area contributed by atoms with Crippen molar-refractivity contribution in [2.75, 3.05) is 0 Å². The zero-order valence-electron chi connectivity index (χ0n) is 15.2. The number of hydrogen-bond donors (Lipinski definition) is 1. The minimum Gasteiger partial charge on any atom is -0.458 e. The third kappa shape index (κ3) is 4.17. The third-order valence-electron chi connectivity index (χ3n) is 3.84. The molecule has 144 valence electrons. The summed E-state index contributed by atoms with van der Waals surface area (Å²) >= 11 is 0. The van der Waals surface area contributed by atoms with Crippen LogP contribution in [0.2, 0.25) is 0 Å². The molecule has 1 heterocycles. The van der Waals surface area contributed by atoms with Crippen molar-refractivity contribution in [3.05, 3.63) is 72.1 Å². The fraction of sp³-hybridized carbons (Fsp3) is 0.150. The SMILES string of the molecule is CC(C)OC(=O)c1ccc(C(=O)NS(=O)(=O)c2cccc3ccccc23)cn1. The monoisotopic (exact) mass is 398 g/mol. The van der Waals surface area contributed by atoms with Gasteiger partial charge in [-0.25, -0.2) is 22.9 Å². The lowest BCUT2D eigenvalue weighted by atomic mass is 10.1. The maximum absolute atomic E-state index is 12.7. The number of benzene rings is 2. The molecule has 1 N–H and O–H groups in total. The van der Waals surface area contributed by atoms with Crippen molar-refractivity contribution >= 4 is 32.7 Å². The Morgan fingerprint density at radius 2 is 1.71 bits per heavy atom. The summed E-state index contributed by atoms with van der Waals surface area (Å²) in [5.41, 5.74) is 0.0343. The number of esters is 1. The van der Waals surface area contributed by atoms with E-state index in [1.165, 1.54) is 18.2 Å². The number of pyridine rings is 1. The number of nitrogens with zero attached hydrogens (tertiary/aromatic N) is 1. The van der Waals surface area contributed by atoms with Crippen molar-refractivity contribution in [1.29, 1.82) is 0 Å². The number of nitrogens with one attached hydrogen (secondary N) is 1. The van der Waals surface area contributed by atoms with Gasteiger partial charge in [-0.2, -0.15) is 0 Å². The molecule has 1 aromatic heterocycles. The van der Waals surface area contributed by atoms with E-state index in [9.17, 15) is 18.0 Å². The molecule has 0 unspecified atom stereocenters. The molecule has 7 nitrogen and oxygen atoms in total. The largest absolute Gasteiger partial charge is 0.458 e. The van der Waals surface area contributed by atoms with Gasteiger partial charge < -0.3 is 4.74 Å². The van der Waals surface area contributed by atoms with Gasteiger partial charge in [0, 0.05) is 11.6 Å². The first-order chi connectivity index (χ1) is 13.3. The van der Waals surface area contributed by atoms with Gasteiger partial charge in [-0.3, -0.25) is 4.79 Å². The lowest BCUT2D eigenvalue weighted by Crippen LogP contribution is -2.31. The van der Waals surface area contributed by atoms with Crippen molar-refractivity contribution in [2.45, 2.75) is 24.8 Å². The third-order valence-corrected chi connectivity index (χ3v) is 5.23. The molecule has 0 aliphatic carbocycles. The average molecular weight is 398 g/mol. The van der Waals surface area contributed by atoms with Gasteiger partial charge >= 0.3 is 5.97 Å². The highest BCUT2D eigenvalue weighted by Crippen LogP contribution is 2.22. The van der Waals surface area contributed by atoms with Crippen LogP contribution in [0.15, 0.2) is 65.7 Å². The van der Waals surface area contributed by atoms with Crippen LogP contribution in [0.3, 0.4) is 0 Å². The van der Waals surface area contributed by atoms with E-state index in [4.69, 9.17) is 4.74 Å². The molecule has 3 rings (SSSR count). The van der Waals surface area contributed by atoms with Crippen LogP contribution in [0.4, 0.5) is 0 Å². The van der Waals surface area contributed by atoms with E-state index < -0.39 is 21.9 Å². The maximum atomic E-state index is 12.7. The molecule has 0 fully saturated rings. The number of aromatic nitrogens is 1. The second-order valence-electron chi connectivity index (χ2n) is 6.30. The summed E-state index contributed by atoms with van der Waals surface area (Å²) in [7, 11) is -4.10. The van der Waals surface area contributed by atoms with Crippen LogP contribution in [0.1, 0.15) is 34.7 Å². The summed E-state index contributed by atoms with van der Waals surface area (Å²) in [5.74, 6) is -1.46. The highest BCUT2D eigenvalue weighted by molar-refractivity contribution is 7.90. The number of sulfonamides is 1. The predicted octanol–water partition coefficient (Wildman–Crippen LogP) is 2.92. The number of hydrogen-bond acceptors (Lipinski definition) is 6. The van der Waals surface area contributed by atoms with Gasteiger partial charge in [-0.15, -0.1) is 0 Å².